The molecule has 0 aromatic rings. The molecule has 1 aliphatic heterocycles. The molecule has 1 fully saturated rings. The van der Waals surface area contributed by atoms with E-state index in [2.05, 4.69) is 57.2 Å². The Hall–Kier alpha value is -1.92. The minimum atomic E-state index is -0.986. The normalized spacial score (nSPS) is 17.7. The maximum Gasteiger partial charge on any atom is 0.305 e. The van der Waals surface area contributed by atoms with E-state index in [9.17, 15) is 14.7 Å². The molecule has 0 saturated carbocycles. The van der Waals surface area contributed by atoms with Gasteiger partial charge in [0.25, 0.3) is 0 Å². The van der Waals surface area contributed by atoms with E-state index in [-0.39, 0.29) is 25.2 Å². The highest BCUT2D eigenvalue weighted by molar-refractivity contribution is 5.69. The number of epoxide rings is 1. The van der Waals surface area contributed by atoms with Crippen molar-refractivity contribution in [3.8, 4) is 0 Å². The summed E-state index contributed by atoms with van der Waals surface area (Å²) in [6.45, 7) is 6.45. The number of carbonyl (C=O) groups is 2. The van der Waals surface area contributed by atoms with E-state index >= 15 is 0 Å². The molecule has 1 rings (SSSR count). The Morgan fingerprint density at radius 3 is 1.98 bits per heavy atom. The monoisotopic (exact) mass is 576 g/mol. The predicted octanol–water partition coefficient (Wildman–Crippen LogP) is 8.57. The van der Waals surface area contributed by atoms with Gasteiger partial charge in [-0.2, -0.15) is 0 Å². The molecule has 1 saturated heterocycles. The maximum absolute atomic E-state index is 11.9. The summed E-state index contributed by atoms with van der Waals surface area (Å²) in [7, 11) is 0. The molecule has 1 heterocycles. The van der Waals surface area contributed by atoms with Gasteiger partial charge in [-0.25, -0.2) is 0 Å². The summed E-state index contributed by atoms with van der Waals surface area (Å²) in [6, 6.07) is 0. The average molecular weight is 577 g/mol. The summed E-state index contributed by atoms with van der Waals surface area (Å²) in [4.78, 5) is 23.7. The molecule has 0 amide bonds. The fraction of sp³-hybridized carbons (Fsp3) is 0.771. The number of carbonyl (C=O) groups excluding carboxylic acids is 2. The molecule has 0 aromatic carbocycles. The lowest BCUT2D eigenvalue weighted by atomic mass is 10.0. The van der Waals surface area contributed by atoms with Crippen molar-refractivity contribution in [2.75, 3.05) is 13.2 Å². The highest BCUT2D eigenvalue weighted by atomic mass is 16.6. The van der Waals surface area contributed by atoms with Gasteiger partial charge in [0.15, 0.2) is 0 Å². The molecule has 0 spiro atoms. The van der Waals surface area contributed by atoms with Crippen LogP contribution in [0.2, 0.25) is 0 Å². The van der Waals surface area contributed by atoms with Gasteiger partial charge in [-0.05, 0) is 50.9 Å². The fourth-order valence-electron chi connectivity index (χ4n) is 4.59. The Balaban J connectivity index is 1.90. The maximum atomic E-state index is 11.9. The number of allylic oxidation sites excluding steroid dienone is 5. The van der Waals surface area contributed by atoms with E-state index < -0.39 is 6.10 Å². The van der Waals surface area contributed by atoms with Crippen LogP contribution in [0.25, 0.3) is 0 Å². The van der Waals surface area contributed by atoms with E-state index in [4.69, 9.17) is 14.2 Å². The molecule has 1 aliphatic rings. The molecular weight excluding hydrogens is 516 g/mol. The van der Waals surface area contributed by atoms with E-state index in [1.165, 1.54) is 51.4 Å². The molecule has 0 bridgehead atoms. The molecular formula is C35H60O6. The SMILES string of the molecule is CCCCCC1OC1C/C=C\C/C=C\C/C=C\CCCC(=O)OC[C@H](O)COC(=O)CCCCCCCCC(C)C. The van der Waals surface area contributed by atoms with Gasteiger partial charge in [-0.1, -0.05) is 115 Å². The van der Waals surface area contributed by atoms with Crippen molar-refractivity contribution >= 4 is 11.9 Å². The largest absolute Gasteiger partial charge is 0.463 e. The van der Waals surface area contributed by atoms with E-state index in [1.807, 2.05) is 0 Å². The van der Waals surface area contributed by atoms with Gasteiger partial charge >= 0.3 is 11.9 Å². The van der Waals surface area contributed by atoms with E-state index in [1.54, 1.807) is 0 Å². The Morgan fingerprint density at radius 2 is 1.32 bits per heavy atom. The summed E-state index contributed by atoms with van der Waals surface area (Å²) in [5, 5.41) is 9.93. The lowest BCUT2D eigenvalue weighted by Crippen LogP contribution is -2.25. The molecule has 6 heteroatoms. The summed E-state index contributed by atoms with van der Waals surface area (Å²) in [6.07, 6.45) is 31.0. The van der Waals surface area contributed by atoms with Crippen molar-refractivity contribution in [1.29, 1.82) is 0 Å². The lowest BCUT2D eigenvalue weighted by Gasteiger charge is -2.12. The molecule has 41 heavy (non-hydrogen) atoms. The van der Waals surface area contributed by atoms with Crippen molar-refractivity contribution in [2.45, 2.75) is 155 Å². The first kappa shape index (κ1) is 37.1. The summed E-state index contributed by atoms with van der Waals surface area (Å²) < 4.78 is 15.9. The zero-order chi connectivity index (χ0) is 30.0. The molecule has 0 radical (unpaired) electrons. The van der Waals surface area contributed by atoms with Gasteiger partial charge < -0.3 is 19.3 Å². The smallest absolute Gasteiger partial charge is 0.305 e. The average Bonchev–Trinajstić information content (AvgIpc) is 3.70. The van der Waals surface area contributed by atoms with Gasteiger partial charge in [0.05, 0.1) is 12.2 Å². The van der Waals surface area contributed by atoms with Crippen molar-refractivity contribution in [2.24, 2.45) is 5.92 Å². The van der Waals surface area contributed by atoms with Crippen LogP contribution in [-0.2, 0) is 23.8 Å². The van der Waals surface area contributed by atoms with Crippen LogP contribution in [0.1, 0.15) is 136 Å². The molecule has 1 N–H and O–H groups in total. The second-order valence-electron chi connectivity index (χ2n) is 11.8. The Bertz CT molecular complexity index is 741. The van der Waals surface area contributed by atoms with Crippen LogP contribution in [-0.4, -0.2) is 48.6 Å². The van der Waals surface area contributed by atoms with Crippen LogP contribution in [0.15, 0.2) is 36.5 Å². The van der Waals surface area contributed by atoms with Gasteiger partial charge in [0.2, 0.25) is 0 Å². The van der Waals surface area contributed by atoms with E-state index in [0.717, 1.165) is 50.9 Å². The van der Waals surface area contributed by atoms with Crippen molar-refractivity contribution < 1.29 is 28.9 Å². The third-order valence-electron chi connectivity index (χ3n) is 7.23. The van der Waals surface area contributed by atoms with E-state index in [0.29, 0.717) is 31.5 Å². The zero-order valence-corrected chi connectivity index (χ0v) is 26.4. The zero-order valence-electron chi connectivity index (χ0n) is 26.4. The highest BCUT2D eigenvalue weighted by Gasteiger charge is 2.36. The first-order valence-electron chi connectivity index (χ1n) is 16.5. The number of unbranched alkanes of at least 4 members (excludes halogenated alkanes) is 8. The number of hydrogen-bond acceptors (Lipinski definition) is 6. The highest BCUT2D eigenvalue weighted by Crippen LogP contribution is 2.30. The number of rotatable bonds is 27. The van der Waals surface area contributed by atoms with Crippen LogP contribution in [0.3, 0.4) is 0 Å². The number of hydrogen-bond donors (Lipinski definition) is 1. The summed E-state index contributed by atoms with van der Waals surface area (Å²) in [5.74, 6) is 0.129. The first-order valence-corrected chi connectivity index (χ1v) is 16.5. The second-order valence-corrected chi connectivity index (χ2v) is 11.8. The Kier molecular flexibility index (Phi) is 23.3. The number of aliphatic hydroxyl groups is 1. The van der Waals surface area contributed by atoms with Crippen LogP contribution >= 0.6 is 0 Å². The number of esters is 2. The van der Waals surface area contributed by atoms with Crippen LogP contribution in [0.4, 0.5) is 0 Å². The topological polar surface area (TPSA) is 85.4 Å². The molecule has 0 aromatic heterocycles. The Morgan fingerprint density at radius 1 is 0.732 bits per heavy atom. The lowest BCUT2D eigenvalue weighted by molar-refractivity contribution is -0.152. The Labute approximate surface area is 251 Å². The quantitative estimate of drug-likeness (QED) is 0.0456. The molecule has 236 valence electrons. The number of aliphatic hydroxyl groups excluding tert-OH is 1. The first-order chi connectivity index (χ1) is 19.9. The van der Waals surface area contributed by atoms with Crippen LogP contribution < -0.4 is 0 Å². The predicted molar refractivity (Wildman–Crippen MR) is 168 cm³/mol. The minimum absolute atomic E-state index is 0.137. The second kappa shape index (κ2) is 25.8. The van der Waals surface area contributed by atoms with Gasteiger partial charge in [-0.15, -0.1) is 0 Å². The standard InChI is InChI=1S/C35H60O6/c1-4-5-18-24-32-33(41-32)25-20-15-10-8-6-7-9-11-16-21-26-34(37)39-28-31(36)29-40-35(38)27-22-17-13-12-14-19-23-30(2)3/h6,8-9,11,15,20,30-33,36H,4-5,7,10,12-14,16-19,21-29H2,1-3H3/b8-6-,11-9-,20-15-/t31-,32?,33?/m0/s1. The molecule has 3 atom stereocenters. The van der Waals surface area contributed by atoms with Crippen LogP contribution in [0.5, 0.6) is 0 Å². The number of ether oxygens (including phenoxy) is 3. The van der Waals surface area contributed by atoms with Crippen LogP contribution in [0, 0.1) is 5.92 Å². The van der Waals surface area contributed by atoms with Gasteiger partial charge in [-0.3, -0.25) is 9.59 Å². The van der Waals surface area contributed by atoms with Crippen molar-refractivity contribution in [3.63, 3.8) is 0 Å². The third-order valence-corrected chi connectivity index (χ3v) is 7.23. The molecule has 6 nitrogen and oxygen atoms in total. The van der Waals surface area contributed by atoms with Gasteiger partial charge in [0, 0.05) is 12.8 Å². The minimum Gasteiger partial charge on any atom is -0.463 e. The van der Waals surface area contributed by atoms with Gasteiger partial charge in [0.1, 0.15) is 19.3 Å². The molecule has 0 aliphatic carbocycles. The molecule has 2 unspecified atom stereocenters. The summed E-state index contributed by atoms with van der Waals surface area (Å²) >= 11 is 0. The van der Waals surface area contributed by atoms with Crippen molar-refractivity contribution in [3.05, 3.63) is 36.5 Å². The third kappa shape index (κ3) is 24.4. The fourth-order valence-corrected chi connectivity index (χ4v) is 4.59. The summed E-state index contributed by atoms with van der Waals surface area (Å²) in [5.41, 5.74) is 0. The van der Waals surface area contributed by atoms with Crippen molar-refractivity contribution in [1.82, 2.24) is 0 Å².